The van der Waals surface area contributed by atoms with Crippen LogP contribution < -0.4 is 15.8 Å². The van der Waals surface area contributed by atoms with Crippen LogP contribution in [0.5, 0.6) is 0 Å². The molecule has 0 saturated heterocycles. The summed E-state index contributed by atoms with van der Waals surface area (Å²) in [6.07, 6.45) is 4.53. The molecular weight excluding hydrogens is 298 g/mol. The van der Waals surface area contributed by atoms with Crippen molar-refractivity contribution in [2.75, 3.05) is 11.9 Å². The highest BCUT2D eigenvalue weighted by Gasteiger charge is 2.18. The monoisotopic (exact) mass is 325 g/mol. The molecule has 1 aliphatic rings. The van der Waals surface area contributed by atoms with Gasteiger partial charge in [0.25, 0.3) is 0 Å². The van der Waals surface area contributed by atoms with E-state index in [0.717, 1.165) is 25.1 Å². The standard InChI is InChI=1S/C16H27N3O2S/c1-12(2)19-22(20,21)16-9-7-15(8-10-16)18-11-13-3-5-14(17)6-4-13/h7-10,12-14,18-19H,3-6,11,17H2,1-2H3/t13-,14-. The summed E-state index contributed by atoms with van der Waals surface area (Å²) in [5.41, 5.74) is 6.87. The fraction of sp³-hybridized carbons (Fsp3) is 0.625. The van der Waals surface area contributed by atoms with Crippen molar-refractivity contribution >= 4 is 15.7 Å². The minimum absolute atomic E-state index is 0.111. The first kappa shape index (κ1) is 17.2. The van der Waals surface area contributed by atoms with Crippen LogP contribution in [0.25, 0.3) is 0 Å². The smallest absolute Gasteiger partial charge is 0.240 e. The second-order valence-electron chi connectivity index (χ2n) is 6.46. The Labute approximate surface area is 133 Å². The van der Waals surface area contributed by atoms with Gasteiger partial charge in [-0.1, -0.05) is 0 Å². The lowest BCUT2D eigenvalue weighted by molar-refractivity contribution is 0.339. The van der Waals surface area contributed by atoms with Gasteiger partial charge < -0.3 is 11.1 Å². The molecule has 1 saturated carbocycles. The van der Waals surface area contributed by atoms with Crippen molar-refractivity contribution in [3.63, 3.8) is 0 Å². The van der Waals surface area contributed by atoms with Gasteiger partial charge in [-0.3, -0.25) is 0 Å². The Bertz CT molecular complexity index is 562. The number of hydrogen-bond acceptors (Lipinski definition) is 4. The summed E-state index contributed by atoms with van der Waals surface area (Å²) < 4.78 is 26.7. The number of benzene rings is 1. The van der Waals surface area contributed by atoms with Crippen LogP contribution >= 0.6 is 0 Å². The maximum atomic E-state index is 12.0. The third-order valence-corrected chi connectivity index (χ3v) is 5.72. The first-order chi connectivity index (χ1) is 10.4. The van der Waals surface area contributed by atoms with Crippen molar-refractivity contribution < 1.29 is 8.42 Å². The van der Waals surface area contributed by atoms with E-state index in [1.54, 1.807) is 12.1 Å². The Morgan fingerprint density at radius 3 is 2.27 bits per heavy atom. The first-order valence-electron chi connectivity index (χ1n) is 7.98. The van der Waals surface area contributed by atoms with Crippen molar-refractivity contribution in [2.45, 2.75) is 56.5 Å². The highest BCUT2D eigenvalue weighted by atomic mass is 32.2. The molecule has 0 amide bonds. The average Bonchev–Trinajstić information content (AvgIpc) is 2.46. The number of nitrogens with one attached hydrogen (secondary N) is 2. The summed E-state index contributed by atoms with van der Waals surface area (Å²) in [5, 5.41) is 3.39. The molecule has 0 heterocycles. The van der Waals surface area contributed by atoms with E-state index >= 15 is 0 Å². The lowest BCUT2D eigenvalue weighted by Gasteiger charge is -2.26. The Morgan fingerprint density at radius 1 is 1.14 bits per heavy atom. The molecule has 124 valence electrons. The van der Waals surface area contributed by atoms with Crippen LogP contribution in [0.1, 0.15) is 39.5 Å². The maximum absolute atomic E-state index is 12.0. The molecule has 1 aromatic carbocycles. The van der Waals surface area contributed by atoms with Crippen LogP contribution in [-0.2, 0) is 10.0 Å². The molecule has 0 unspecified atom stereocenters. The van der Waals surface area contributed by atoms with E-state index in [4.69, 9.17) is 5.73 Å². The Balaban J connectivity index is 1.89. The predicted molar refractivity (Wildman–Crippen MR) is 90.3 cm³/mol. The van der Waals surface area contributed by atoms with E-state index in [0.29, 0.717) is 16.9 Å². The molecule has 22 heavy (non-hydrogen) atoms. The van der Waals surface area contributed by atoms with Gasteiger partial charge in [-0.15, -0.1) is 0 Å². The summed E-state index contributed by atoms with van der Waals surface area (Å²) in [7, 11) is -3.41. The van der Waals surface area contributed by atoms with Gasteiger partial charge in [0, 0.05) is 24.3 Å². The molecule has 1 aromatic rings. The maximum Gasteiger partial charge on any atom is 0.240 e. The lowest BCUT2D eigenvalue weighted by atomic mass is 9.86. The Hall–Kier alpha value is -1.11. The number of hydrogen-bond donors (Lipinski definition) is 3. The molecule has 2 rings (SSSR count). The summed E-state index contributed by atoms with van der Waals surface area (Å²) >= 11 is 0. The molecule has 0 aromatic heterocycles. The van der Waals surface area contributed by atoms with Gasteiger partial charge in [0.1, 0.15) is 0 Å². The Kier molecular flexibility index (Phi) is 5.83. The molecule has 0 aliphatic heterocycles. The number of anilines is 1. The van der Waals surface area contributed by atoms with Crippen LogP contribution in [0.3, 0.4) is 0 Å². The molecule has 0 radical (unpaired) electrons. The molecule has 0 atom stereocenters. The highest BCUT2D eigenvalue weighted by molar-refractivity contribution is 7.89. The van der Waals surface area contributed by atoms with E-state index in [1.165, 1.54) is 12.8 Å². The lowest BCUT2D eigenvalue weighted by Crippen LogP contribution is -2.30. The molecule has 1 fully saturated rings. The summed E-state index contributed by atoms with van der Waals surface area (Å²) in [4.78, 5) is 0.301. The van der Waals surface area contributed by atoms with Crippen molar-refractivity contribution in [1.82, 2.24) is 4.72 Å². The van der Waals surface area contributed by atoms with Gasteiger partial charge in [-0.25, -0.2) is 13.1 Å². The van der Waals surface area contributed by atoms with Crippen LogP contribution in [-0.4, -0.2) is 27.0 Å². The molecular formula is C16H27N3O2S. The molecule has 4 N–H and O–H groups in total. The minimum Gasteiger partial charge on any atom is -0.385 e. The zero-order valence-electron chi connectivity index (χ0n) is 13.4. The second kappa shape index (κ2) is 7.44. The fourth-order valence-corrected chi connectivity index (χ4v) is 4.04. The molecule has 1 aliphatic carbocycles. The molecule has 0 bridgehead atoms. The van der Waals surface area contributed by atoms with Gasteiger partial charge in [-0.05, 0) is 69.7 Å². The van der Waals surface area contributed by atoms with Crippen molar-refractivity contribution in [2.24, 2.45) is 11.7 Å². The molecule has 5 nitrogen and oxygen atoms in total. The van der Waals surface area contributed by atoms with Crippen molar-refractivity contribution in [3.05, 3.63) is 24.3 Å². The van der Waals surface area contributed by atoms with Crippen LogP contribution in [0, 0.1) is 5.92 Å². The topological polar surface area (TPSA) is 84.2 Å². The second-order valence-corrected chi connectivity index (χ2v) is 8.18. The minimum atomic E-state index is -3.41. The van der Waals surface area contributed by atoms with Gasteiger partial charge in [0.15, 0.2) is 0 Å². The predicted octanol–water partition coefficient (Wildman–Crippen LogP) is 2.30. The summed E-state index contributed by atoms with van der Waals surface area (Å²) in [5.74, 6) is 0.658. The quantitative estimate of drug-likeness (QED) is 0.749. The van der Waals surface area contributed by atoms with Gasteiger partial charge in [0.2, 0.25) is 10.0 Å². The van der Waals surface area contributed by atoms with Gasteiger partial charge >= 0.3 is 0 Å². The van der Waals surface area contributed by atoms with Gasteiger partial charge in [0.05, 0.1) is 4.90 Å². The van der Waals surface area contributed by atoms with Crippen molar-refractivity contribution in [3.8, 4) is 0 Å². The number of nitrogens with two attached hydrogens (primary N) is 1. The zero-order valence-corrected chi connectivity index (χ0v) is 14.2. The number of rotatable bonds is 6. The van der Waals surface area contributed by atoms with E-state index < -0.39 is 10.0 Å². The SMILES string of the molecule is CC(C)NS(=O)(=O)c1ccc(NC[C@H]2CC[C@H](N)CC2)cc1. The number of sulfonamides is 1. The molecule has 0 spiro atoms. The van der Waals surface area contributed by atoms with Crippen LogP contribution in [0.4, 0.5) is 5.69 Å². The van der Waals surface area contributed by atoms with E-state index in [2.05, 4.69) is 10.0 Å². The third-order valence-electron chi connectivity index (χ3n) is 4.04. The average molecular weight is 325 g/mol. The summed E-state index contributed by atoms with van der Waals surface area (Å²) in [6, 6.07) is 7.19. The molecule has 6 heteroatoms. The largest absolute Gasteiger partial charge is 0.385 e. The summed E-state index contributed by atoms with van der Waals surface area (Å²) in [6.45, 7) is 4.54. The van der Waals surface area contributed by atoms with E-state index in [9.17, 15) is 8.42 Å². The Morgan fingerprint density at radius 2 is 1.73 bits per heavy atom. The van der Waals surface area contributed by atoms with Crippen molar-refractivity contribution in [1.29, 1.82) is 0 Å². The van der Waals surface area contributed by atoms with Crippen LogP contribution in [0.15, 0.2) is 29.2 Å². The van der Waals surface area contributed by atoms with Gasteiger partial charge in [-0.2, -0.15) is 0 Å². The third kappa shape index (κ3) is 4.97. The highest BCUT2D eigenvalue weighted by Crippen LogP contribution is 2.24. The van der Waals surface area contributed by atoms with Crippen LogP contribution in [0.2, 0.25) is 0 Å². The normalized spacial score (nSPS) is 22.7. The van der Waals surface area contributed by atoms with E-state index in [1.807, 2.05) is 26.0 Å². The fourth-order valence-electron chi connectivity index (χ4n) is 2.78. The zero-order chi connectivity index (χ0) is 16.2. The first-order valence-corrected chi connectivity index (χ1v) is 9.47. The van der Waals surface area contributed by atoms with E-state index in [-0.39, 0.29) is 6.04 Å².